The van der Waals surface area contributed by atoms with Gasteiger partial charge in [0.1, 0.15) is 0 Å². The van der Waals surface area contributed by atoms with E-state index in [1.165, 1.54) is 12.1 Å². The molecule has 0 bridgehead atoms. The molecule has 16 heavy (non-hydrogen) atoms. The Morgan fingerprint density at radius 2 is 1.75 bits per heavy atom. The third-order valence-electron chi connectivity index (χ3n) is 2.11. The molecule has 0 spiro atoms. The molecule has 4 nitrogen and oxygen atoms in total. The van der Waals surface area contributed by atoms with Crippen molar-refractivity contribution in [2.75, 3.05) is 0 Å². The Bertz CT molecular complexity index is 569. The molecule has 0 saturated carbocycles. The van der Waals surface area contributed by atoms with Crippen LogP contribution < -0.4 is 5.63 Å². The van der Waals surface area contributed by atoms with E-state index in [2.05, 4.69) is 4.42 Å². The van der Waals surface area contributed by atoms with Gasteiger partial charge in [0.2, 0.25) is 5.76 Å². The molecular formula is C12H8O4. The molecule has 4 heteroatoms. The summed E-state index contributed by atoms with van der Waals surface area (Å²) >= 11 is 0. The predicted octanol–water partition coefficient (Wildman–Crippen LogP) is 2.00. The van der Waals surface area contributed by atoms with Crippen LogP contribution in [0.5, 0.6) is 0 Å². The first kappa shape index (κ1) is 10.2. The van der Waals surface area contributed by atoms with Crippen LogP contribution in [0.2, 0.25) is 0 Å². The number of carboxylic acid groups (broad SMARTS) is 1. The van der Waals surface area contributed by atoms with Crippen molar-refractivity contribution in [2.24, 2.45) is 0 Å². The maximum atomic E-state index is 10.9. The van der Waals surface area contributed by atoms with Gasteiger partial charge in [-0.3, -0.25) is 0 Å². The van der Waals surface area contributed by atoms with Gasteiger partial charge < -0.3 is 9.52 Å². The van der Waals surface area contributed by atoms with Crippen molar-refractivity contribution in [1.29, 1.82) is 0 Å². The van der Waals surface area contributed by atoms with E-state index in [9.17, 15) is 9.59 Å². The van der Waals surface area contributed by atoms with Crippen LogP contribution in [0.4, 0.5) is 0 Å². The monoisotopic (exact) mass is 216 g/mol. The van der Waals surface area contributed by atoms with E-state index in [0.29, 0.717) is 11.1 Å². The Morgan fingerprint density at radius 3 is 2.38 bits per heavy atom. The fourth-order valence-electron chi connectivity index (χ4n) is 1.42. The molecule has 0 radical (unpaired) electrons. The highest BCUT2D eigenvalue weighted by molar-refractivity contribution is 5.92. The Labute approximate surface area is 90.8 Å². The molecular weight excluding hydrogens is 208 g/mol. The highest BCUT2D eigenvalue weighted by atomic mass is 16.4. The molecule has 1 N–H and O–H groups in total. The molecule has 80 valence electrons. The lowest BCUT2D eigenvalue weighted by atomic mass is 10.1. The van der Waals surface area contributed by atoms with Gasteiger partial charge in [-0.1, -0.05) is 30.3 Å². The number of hydrogen-bond acceptors (Lipinski definition) is 3. The van der Waals surface area contributed by atoms with Gasteiger partial charge in [0.15, 0.2) is 0 Å². The summed E-state index contributed by atoms with van der Waals surface area (Å²) in [4.78, 5) is 21.9. The van der Waals surface area contributed by atoms with Gasteiger partial charge in [-0.25, -0.2) is 9.59 Å². The number of rotatable bonds is 2. The molecule has 0 aliphatic heterocycles. The predicted molar refractivity (Wildman–Crippen MR) is 57.4 cm³/mol. The molecule has 0 aliphatic rings. The van der Waals surface area contributed by atoms with E-state index in [1.807, 2.05) is 6.07 Å². The van der Waals surface area contributed by atoms with Crippen molar-refractivity contribution >= 4 is 5.97 Å². The molecule has 0 aliphatic carbocycles. The zero-order valence-electron chi connectivity index (χ0n) is 8.21. The SMILES string of the molecule is O=C(O)c1oc(=O)ccc1-c1ccccc1. The standard InChI is InChI=1S/C12H8O4/c13-10-7-6-9(11(16-10)12(14)15)8-4-2-1-3-5-8/h1-7H,(H,14,15). The molecule has 0 fully saturated rings. The summed E-state index contributed by atoms with van der Waals surface area (Å²) in [7, 11) is 0. The lowest BCUT2D eigenvalue weighted by Gasteiger charge is -2.03. The average Bonchev–Trinajstić information content (AvgIpc) is 2.30. The fourth-order valence-corrected chi connectivity index (χ4v) is 1.42. The second kappa shape index (κ2) is 4.02. The maximum absolute atomic E-state index is 10.9. The third kappa shape index (κ3) is 1.86. The highest BCUT2D eigenvalue weighted by Gasteiger charge is 2.14. The van der Waals surface area contributed by atoms with Crippen LogP contribution in [0.1, 0.15) is 10.6 Å². The quantitative estimate of drug-likeness (QED) is 0.833. The van der Waals surface area contributed by atoms with Crippen molar-refractivity contribution in [3.63, 3.8) is 0 Å². The number of carbonyl (C=O) groups is 1. The Kier molecular flexibility index (Phi) is 2.55. The summed E-state index contributed by atoms with van der Waals surface area (Å²) in [5.41, 5.74) is 0.424. The zero-order chi connectivity index (χ0) is 11.5. The fraction of sp³-hybridized carbons (Fsp3) is 0. The van der Waals surface area contributed by atoms with Gasteiger partial charge in [-0.05, 0) is 11.6 Å². The minimum atomic E-state index is -1.25. The maximum Gasteiger partial charge on any atom is 0.372 e. The zero-order valence-corrected chi connectivity index (χ0v) is 8.21. The minimum absolute atomic E-state index is 0.335. The molecule has 1 aromatic heterocycles. The van der Waals surface area contributed by atoms with E-state index in [1.54, 1.807) is 24.3 Å². The van der Waals surface area contributed by atoms with Gasteiger partial charge in [-0.15, -0.1) is 0 Å². The van der Waals surface area contributed by atoms with Gasteiger partial charge >= 0.3 is 11.6 Å². The topological polar surface area (TPSA) is 67.5 Å². The van der Waals surface area contributed by atoms with Gasteiger partial charge in [0.25, 0.3) is 0 Å². The van der Waals surface area contributed by atoms with Crippen LogP contribution in [0.15, 0.2) is 51.7 Å². The van der Waals surface area contributed by atoms with E-state index in [4.69, 9.17) is 5.11 Å². The van der Waals surface area contributed by atoms with Crippen molar-refractivity contribution < 1.29 is 14.3 Å². The first-order valence-electron chi connectivity index (χ1n) is 4.61. The van der Waals surface area contributed by atoms with E-state index < -0.39 is 11.6 Å². The van der Waals surface area contributed by atoms with Crippen LogP contribution >= 0.6 is 0 Å². The normalized spacial score (nSPS) is 10.0. The Balaban J connectivity index is 2.66. The first-order valence-corrected chi connectivity index (χ1v) is 4.61. The summed E-state index contributed by atoms with van der Waals surface area (Å²) in [6.45, 7) is 0. The van der Waals surface area contributed by atoms with Crippen molar-refractivity contribution in [2.45, 2.75) is 0 Å². The smallest absolute Gasteiger partial charge is 0.372 e. The van der Waals surface area contributed by atoms with Crippen LogP contribution in [-0.4, -0.2) is 11.1 Å². The van der Waals surface area contributed by atoms with Gasteiger partial charge in [-0.2, -0.15) is 0 Å². The summed E-state index contributed by atoms with van der Waals surface area (Å²) in [6, 6.07) is 11.5. The molecule has 1 aromatic carbocycles. The molecule has 1 heterocycles. The van der Waals surface area contributed by atoms with E-state index in [-0.39, 0.29) is 5.76 Å². The van der Waals surface area contributed by atoms with Gasteiger partial charge in [0.05, 0.1) is 0 Å². The van der Waals surface area contributed by atoms with E-state index >= 15 is 0 Å². The molecule has 2 aromatic rings. The van der Waals surface area contributed by atoms with Crippen molar-refractivity contribution in [3.05, 3.63) is 58.6 Å². The molecule has 0 amide bonds. The van der Waals surface area contributed by atoms with Gasteiger partial charge in [0, 0.05) is 11.6 Å². The summed E-state index contributed by atoms with van der Waals surface area (Å²) in [5.74, 6) is -1.59. The van der Waals surface area contributed by atoms with Crippen LogP contribution in [0.25, 0.3) is 11.1 Å². The highest BCUT2D eigenvalue weighted by Crippen LogP contribution is 2.21. The van der Waals surface area contributed by atoms with Crippen LogP contribution in [0, 0.1) is 0 Å². The first-order chi connectivity index (χ1) is 7.68. The number of benzene rings is 1. The second-order valence-corrected chi connectivity index (χ2v) is 3.17. The molecule has 0 saturated heterocycles. The van der Waals surface area contributed by atoms with E-state index in [0.717, 1.165) is 0 Å². The third-order valence-corrected chi connectivity index (χ3v) is 2.11. The summed E-state index contributed by atoms with van der Waals surface area (Å²) in [6.07, 6.45) is 0. The number of carboxylic acids is 1. The lowest BCUT2D eigenvalue weighted by molar-refractivity contribution is 0.0658. The Morgan fingerprint density at radius 1 is 1.06 bits per heavy atom. The molecule has 2 rings (SSSR count). The van der Waals surface area contributed by atoms with Crippen molar-refractivity contribution in [1.82, 2.24) is 0 Å². The number of hydrogen-bond donors (Lipinski definition) is 1. The van der Waals surface area contributed by atoms with Crippen molar-refractivity contribution in [3.8, 4) is 11.1 Å². The minimum Gasteiger partial charge on any atom is -0.475 e. The van der Waals surface area contributed by atoms with Crippen LogP contribution in [0.3, 0.4) is 0 Å². The van der Waals surface area contributed by atoms with Crippen LogP contribution in [-0.2, 0) is 0 Å². The second-order valence-electron chi connectivity index (χ2n) is 3.17. The largest absolute Gasteiger partial charge is 0.475 e. The summed E-state index contributed by atoms with van der Waals surface area (Å²) in [5, 5.41) is 8.92. The molecule has 0 atom stereocenters. The Hall–Kier alpha value is -2.36. The average molecular weight is 216 g/mol. The molecule has 0 unspecified atom stereocenters. The summed E-state index contributed by atoms with van der Waals surface area (Å²) < 4.78 is 4.67. The number of aromatic carboxylic acids is 1. The lowest BCUT2D eigenvalue weighted by Crippen LogP contribution is -2.06.